The van der Waals surface area contributed by atoms with E-state index in [-0.39, 0.29) is 18.2 Å². The average Bonchev–Trinajstić information content (AvgIpc) is 2.66. The van der Waals surface area contributed by atoms with E-state index in [1.807, 2.05) is 30.3 Å². The maximum Gasteiger partial charge on any atom is 0.306 e. The maximum atomic E-state index is 13.7. The molecule has 134 valence electrons. The zero-order chi connectivity index (χ0) is 18.5. The van der Waals surface area contributed by atoms with Gasteiger partial charge in [-0.05, 0) is 67.4 Å². The van der Waals surface area contributed by atoms with E-state index in [2.05, 4.69) is 4.98 Å². The number of hydrogen-bond donors (Lipinski definition) is 0. The summed E-state index contributed by atoms with van der Waals surface area (Å²) in [5.74, 6) is 0.174. The van der Waals surface area contributed by atoms with Crippen molar-refractivity contribution in [3.63, 3.8) is 0 Å². The molecule has 0 radical (unpaired) electrons. The highest BCUT2D eigenvalue weighted by atomic mass is 19.1. The molecule has 0 bridgehead atoms. The van der Waals surface area contributed by atoms with Gasteiger partial charge in [-0.1, -0.05) is 0 Å². The fraction of sp³-hybridized carbons (Fsp3) is 0.238. The number of carbonyl (C=O) groups is 1. The molecule has 0 aliphatic rings. The summed E-state index contributed by atoms with van der Waals surface area (Å²) >= 11 is 0. The largest absolute Gasteiger partial charge is 0.497 e. The zero-order valence-corrected chi connectivity index (χ0v) is 14.8. The molecule has 2 aromatic carbocycles. The predicted octanol–water partition coefficient (Wildman–Crippen LogP) is 4.55. The van der Waals surface area contributed by atoms with Crippen molar-refractivity contribution in [2.45, 2.75) is 19.8 Å². The minimum atomic E-state index is -0.325. The quantitative estimate of drug-likeness (QED) is 0.610. The highest BCUT2D eigenvalue weighted by molar-refractivity contribution is 5.86. The number of esters is 1. The molecule has 0 aliphatic carbocycles. The van der Waals surface area contributed by atoms with Gasteiger partial charge in [-0.15, -0.1) is 0 Å². The smallest absolute Gasteiger partial charge is 0.306 e. The van der Waals surface area contributed by atoms with Crippen LogP contribution in [0.2, 0.25) is 0 Å². The van der Waals surface area contributed by atoms with Crippen molar-refractivity contribution in [2.24, 2.45) is 0 Å². The summed E-state index contributed by atoms with van der Waals surface area (Å²) in [5.41, 5.74) is 3.26. The normalized spacial score (nSPS) is 10.7. The molecule has 5 heteroatoms. The van der Waals surface area contributed by atoms with Gasteiger partial charge in [0.1, 0.15) is 11.6 Å². The van der Waals surface area contributed by atoms with Crippen molar-refractivity contribution < 1.29 is 18.7 Å². The van der Waals surface area contributed by atoms with E-state index in [0.29, 0.717) is 23.9 Å². The van der Waals surface area contributed by atoms with Crippen LogP contribution in [0.1, 0.15) is 18.9 Å². The topological polar surface area (TPSA) is 48.4 Å². The molecule has 0 saturated heterocycles. The van der Waals surface area contributed by atoms with Crippen molar-refractivity contribution >= 4 is 16.9 Å². The number of carbonyl (C=O) groups excluding carboxylic acids is 1. The Bertz CT molecular complexity index is 922. The van der Waals surface area contributed by atoms with Gasteiger partial charge in [-0.25, -0.2) is 9.37 Å². The Kier molecular flexibility index (Phi) is 5.46. The number of rotatable bonds is 6. The summed E-state index contributed by atoms with van der Waals surface area (Å²) in [4.78, 5) is 16.4. The van der Waals surface area contributed by atoms with Gasteiger partial charge in [-0.2, -0.15) is 0 Å². The van der Waals surface area contributed by atoms with Gasteiger partial charge in [0, 0.05) is 17.4 Å². The molecule has 0 N–H and O–H groups in total. The highest BCUT2D eigenvalue weighted by Crippen LogP contribution is 2.27. The highest BCUT2D eigenvalue weighted by Gasteiger charge is 2.11. The molecule has 26 heavy (non-hydrogen) atoms. The molecule has 0 saturated carbocycles. The number of halogens is 1. The van der Waals surface area contributed by atoms with Crippen LogP contribution in [0.3, 0.4) is 0 Å². The molecular weight excluding hydrogens is 333 g/mol. The predicted molar refractivity (Wildman–Crippen MR) is 98.6 cm³/mol. The van der Waals surface area contributed by atoms with Crippen LogP contribution >= 0.6 is 0 Å². The third-order valence-electron chi connectivity index (χ3n) is 4.15. The first-order chi connectivity index (χ1) is 12.6. The Morgan fingerprint density at radius 2 is 1.88 bits per heavy atom. The molecular formula is C21H20FNO3. The first kappa shape index (κ1) is 17.9. The number of aromatic nitrogens is 1. The van der Waals surface area contributed by atoms with Crippen LogP contribution in [-0.4, -0.2) is 24.7 Å². The lowest BCUT2D eigenvalue weighted by Gasteiger charge is -2.11. The lowest BCUT2D eigenvalue weighted by atomic mass is 10.0. The van der Waals surface area contributed by atoms with Crippen molar-refractivity contribution in [1.82, 2.24) is 4.98 Å². The van der Waals surface area contributed by atoms with E-state index in [9.17, 15) is 9.18 Å². The molecule has 3 rings (SSSR count). The van der Waals surface area contributed by atoms with Crippen molar-refractivity contribution in [1.29, 1.82) is 0 Å². The van der Waals surface area contributed by atoms with Gasteiger partial charge in [0.05, 0.1) is 24.9 Å². The molecule has 4 nitrogen and oxygen atoms in total. The van der Waals surface area contributed by atoms with E-state index in [1.54, 1.807) is 20.1 Å². The van der Waals surface area contributed by atoms with E-state index < -0.39 is 0 Å². The number of fused-ring (bicyclic) bond motifs is 1. The third kappa shape index (κ3) is 3.99. The number of hydrogen-bond acceptors (Lipinski definition) is 4. The molecule has 0 atom stereocenters. The van der Waals surface area contributed by atoms with Gasteiger partial charge in [0.2, 0.25) is 0 Å². The first-order valence-corrected chi connectivity index (χ1v) is 8.50. The van der Waals surface area contributed by atoms with Gasteiger partial charge < -0.3 is 9.47 Å². The van der Waals surface area contributed by atoms with Crippen LogP contribution in [0, 0.1) is 5.82 Å². The van der Waals surface area contributed by atoms with Crippen LogP contribution in [0.5, 0.6) is 5.75 Å². The van der Waals surface area contributed by atoms with Gasteiger partial charge in [0.25, 0.3) is 0 Å². The lowest BCUT2D eigenvalue weighted by molar-refractivity contribution is -0.143. The second-order valence-corrected chi connectivity index (χ2v) is 5.86. The van der Waals surface area contributed by atoms with E-state index in [1.165, 1.54) is 12.1 Å². The van der Waals surface area contributed by atoms with Crippen molar-refractivity contribution in [3.05, 3.63) is 59.9 Å². The van der Waals surface area contributed by atoms with Crippen molar-refractivity contribution in [2.75, 3.05) is 13.7 Å². The SMILES string of the molecule is CCOC(=O)CCc1cc(-c2ccc(OC)cc2)nc2ccc(F)cc12. The Labute approximate surface area is 151 Å². The van der Waals surface area contributed by atoms with Crippen LogP contribution in [0.15, 0.2) is 48.5 Å². The second-order valence-electron chi connectivity index (χ2n) is 5.86. The number of nitrogens with zero attached hydrogens (tertiary/aromatic N) is 1. The van der Waals surface area contributed by atoms with E-state index >= 15 is 0 Å². The van der Waals surface area contributed by atoms with Gasteiger partial charge in [-0.3, -0.25) is 4.79 Å². The first-order valence-electron chi connectivity index (χ1n) is 8.50. The van der Waals surface area contributed by atoms with Gasteiger partial charge in [0.15, 0.2) is 0 Å². The Hall–Kier alpha value is -2.95. The molecule has 0 spiro atoms. The summed E-state index contributed by atoms with van der Waals surface area (Å²) < 4.78 is 23.9. The molecule has 3 aromatic rings. The Morgan fingerprint density at radius 3 is 2.58 bits per heavy atom. The number of methoxy groups -OCH3 is 1. The van der Waals surface area contributed by atoms with E-state index in [4.69, 9.17) is 9.47 Å². The Balaban J connectivity index is 2.01. The standard InChI is InChI=1S/C21H20FNO3/c1-3-26-21(24)11-6-15-12-20(14-4-8-17(25-2)9-5-14)23-19-10-7-16(22)13-18(15)19/h4-5,7-10,12-13H,3,6,11H2,1-2H3. The monoisotopic (exact) mass is 353 g/mol. The minimum Gasteiger partial charge on any atom is -0.497 e. The summed E-state index contributed by atoms with van der Waals surface area (Å²) in [6.07, 6.45) is 0.704. The fourth-order valence-corrected chi connectivity index (χ4v) is 2.85. The number of aryl methyl sites for hydroxylation is 1. The summed E-state index contributed by atoms with van der Waals surface area (Å²) in [5, 5.41) is 0.714. The van der Waals surface area contributed by atoms with Gasteiger partial charge >= 0.3 is 5.97 Å². The Morgan fingerprint density at radius 1 is 1.12 bits per heavy atom. The maximum absolute atomic E-state index is 13.7. The fourth-order valence-electron chi connectivity index (χ4n) is 2.85. The molecule has 0 amide bonds. The summed E-state index contributed by atoms with van der Waals surface area (Å²) in [7, 11) is 1.62. The van der Waals surface area contributed by atoms with Crippen molar-refractivity contribution in [3.8, 4) is 17.0 Å². The second kappa shape index (κ2) is 7.95. The lowest BCUT2D eigenvalue weighted by Crippen LogP contribution is -2.05. The molecule has 0 fully saturated rings. The number of pyridine rings is 1. The molecule has 0 aliphatic heterocycles. The molecule has 1 aromatic heterocycles. The molecule has 1 heterocycles. The summed E-state index contributed by atoms with van der Waals surface area (Å²) in [6, 6.07) is 14.0. The van der Waals surface area contributed by atoms with E-state index in [0.717, 1.165) is 22.6 Å². The number of ether oxygens (including phenoxy) is 2. The zero-order valence-electron chi connectivity index (χ0n) is 14.8. The summed E-state index contributed by atoms with van der Waals surface area (Å²) in [6.45, 7) is 2.12. The average molecular weight is 353 g/mol. The van der Waals surface area contributed by atoms with Crippen LogP contribution in [-0.2, 0) is 16.0 Å². The van der Waals surface area contributed by atoms with Crippen LogP contribution in [0.25, 0.3) is 22.2 Å². The van der Waals surface area contributed by atoms with Crippen LogP contribution < -0.4 is 4.74 Å². The molecule has 0 unspecified atom stereocenters. The number of benzene rings is 2. The third-order valence-corrected chi connectivity index (χ3v) is 4.15. The van der Waals surface area contributed by atoms with Crippen LogP contribution in [0.4, 0.5) is 4.39 Å². The minimum absolute atomic E-state index is 0.242.